The molecule has 1 aliphatic rings. The van der Waals surface area contributed by atoms with Crippen LogP contribution in [0.2, 0.25) is 0 Å². The summed E-state index contributed by atoms with van der Waals surface area (Å²) >= 11 is 3.52. The van der Waals surface area contributed by atoms with E-state index < -0.39 is 0 Å². The molecule has 1 aromatic carbocycles. The molecular formula is C15H18BrN3O2. The summed E-state index contributed by atoms with van der Waals surface area (Å²) in [5, 5.41) is 7.86. The number of ether oxygens (including phenoxy) is 2. The number of nitrogens with zero attached hydrogens (tertiary/aromatic N) is 2. The van der Waals surface area contributed by atoms with Crippen molar-refractivity contribution in [1.82, 2.24) is 9.78 Å². The van der Waals surface area contributed by atoms with Crippen molar-refractivity contribution in [3.63, 3.8) is 0 Å². The quantitative estimate of drug-likeness (QED) is 0.898. The second kappa shape index (κ2) is 6.49. The van der Waals surface area contributed by atoms with Gasteiger partial charge >= 0.3 is 0 Å². The molecule has 1 unspecified atom stereocenters. The number of benzene rings is 1. The first-order valence-corrected chi connectivity index (χ1v) is 7.76. The van der Waals surface area contributed by atoms with E-state index in [2.05, 4.69) is 32.4 Å². The van der Waals surface area contributed by atoms with Crippen molar-refractivity contribution < 1.29 is 9.47 Å². The third-order valence-electron chi connectivity index (χ3n) is 3.51. The van der Waals surface area contributed by atoms with E-state index in [9.17, 15) is 0 Å². The molecule has 0 saturated carbocycles. The number of hydrogen-bond acceptors (Lipinski definition) is 4. The fourth-order valence-corrected chi connectivity index (χ4v) is 2.84. The Kier molecular flexibility index (Phi) is 4.45. The first-order valence-electron chi connectivity index (χ1n) is 6.96. The van der Waals surface area contributed by atoms with Gasteiger partial charge in [-0.1, -0.05) is 15.9 Å². The third kappa shape index (κ3) is 3.39. The molecule has 21 heavy (non-hydrogen) atoms. The van der Waals surface area contributed by atoms with Crippen LogP contribution in [0.4, 0.5) is 5.69 Å². The van der Waals surface area contributed by atoms with Gasteiger partial charge in [0.05, 0.1) is 37.7 Å². The van der Waals surface area contributed by atoms with Gasteiger partial charge in [0.25, 0.3) is 0 Å². The lowest BCUT2D eigenvalue weighted by Gasteiger charge is -2.27. The van der Waals surface area contributed by atoms with E-state index >= 15 is 0 Å². The van der Waals surface area contributed by atoms with Gasteiger partial charge in [0, 0.05) is 29.8 Å². The van der Waals surface area contributed by atoms with Crippen LogP contribution in [0.3, 0.4) is 0 Å². The lowest BCUT2D eigenvalue weighted by Crippen LogP contribution is -2.20. The Hall–Kier alpha value is -1.53. The number of rotatable bonds is 5. The number of anilines is 1. The molecule has 1 aromatic heterocycles. The van der Waals surface area contributed by atoms with Gasteiger partial charge in [-0.05, 0) is 18.2 Å². The van der Waals surface area contributed by atoms with Crippen LogP contribution in [0.5, 0.6) is 5.75 Å². The van der Waals surface area contributed by atoms with Crippen molar-refractivity contribution in [1.29, 1.82) is 0 Å². The number of nitrogens with one attached hydrogen (secondary N) is 1. The molecular weight excluding hydrogens is 334 g/mol. The highest BCUT2D eigenvalue weighted by molar-refractivity contribution is 9.10. The Bertz CT molecular complexity index is 615. The van der Waals surface area contributed by atoms with E-state index in [-0.39, 0.29) is 6.04 Å². The van der Waals surface area contributed by atoms with Crippen LogP contribution >= 0.6 is 15.9 Å². The van der Waals surface area contributed by atoms with E-state index in [1.165, 1.54) is 5.56 Å². The molecule has 1 atom stereocenters. The zero-order valence-electron chi connectivity index (χ0n) is 11.9. The van der Waals surface area contributed by atoms with Crippen molar-refractivity contribution in [2.75, 3.05) is 25.6 Å². The van der Waals surface area contributed by atoms with Gasteiger partial charge in [-0.15, -0.1) is 0 Å². The molecule has 0 fully saturated rings. The number of hydrogen-bond donors (Lipinski definition) is 1. The number of aromatic nitrogens is 2. The maximum Gasteiger partial charge on any atom is 0.124 e. The van der Waals surface area contributed by atoms with Crippen LogP contribution in [0.25, 0.3) is 0 Å². The van der Waals surface area contributed by atoms with E-state index in [1.807, 2.05) is 29.2 Å². The average Bonchev–Trinajstić information content (AvgIpc) is 2.93. The number of methoxy groups -OCH3 is 1. The lowest BCUT2D eigenvalue weighted by atomic mass is 10.0. The van der Waals surface area contributed by atoms with Crippen LogP contribution in [0, 0.1) is 0 Å². The van der Waals surface area contributed by atoms with E-state index in [0.29, 0.717) is 6.61 Å². The minimum absolute atomic E-state index is 0.242. The van der Waals surface area contributed by atoms with Crippen molar-refractivity contribution in [2.45, 2.75) is 19.0 Å². The minimum atomic E-state index is 0.242. The molecule has 1 N–H and O–H groups in total. The number of halogens is 1. The molecule has 2 aromatic rings. The van der Waals surface area contributed by atoms with E-state index in [0.717, 1.165) is 35.5 Å². The van der Waals surface area contributed by atoms with Gasteiger partial charge in [0.15, 0.2) is 0 Å². The van der Waals surface area contributed by atoms with E-state index in [4.69, 9.17) is 9.47 Å². The molecule has 5 nitrogen and oxygen atoms in total. The summed E-state index contributed by atoms with van der Waals surface area (Å²) in [6, 6.07) is 6.37. The van der Waals surface area contributed by atoms with Crippen LogP contribution in [-0.4, -0.2) is 30.1 Å². The zero-order chi connectivity index (χ0) is 14.7. The molecule has 1 aliphatic heterocycles. The van der Waals surface area contributed by atoms with Crippen molar-refractivity contribution in [3.8, 4) is 5.75 Å². The average molecular weight is 352 g/mol. The minimum Gasteiger partial charge on any atom is -0.493 e. The fraction of sp³-hybridized carbons (Fsp3) is 0.400. The summed E-state index contributed by atoms with van der Waals surface area (Å²) in [4.78, 5) is 0. The monoisotopic (exact) mass is 351 g/mol. The van der Waals surface area contributed by atoms with Crippen LogP contribution < -0.4 is 10.1 Å². The lowest BCUT2D eigenvalue weighted by molar-refractivity contribution is 0.183. The normalized spacial score (nSPS) is 17.1. The largest absolute Gasteiger partial charge is 0.493 e. The molecule has 0 saturated heterocycles. The van der Waals surface area contributed by atoms with Crippen LogP contribution in [-0.2, 0) is 11.3 Å². The molecule has 0 radical (unpaired) electrons. The summed E-state index contributed by atoms with van der Waals surface area (Å²) < 4.78 is 13.7. The van der Waals surface area contributed by atoms with Crippen molar-refractivity contribution in [2.24, 2.45) is 0 Å². The maximum absolute atomic E-state index is 5.71. The smallest absolute Gasteiger partial charge is 0.124 e. The van der Waals surface area contributed by atoms with Gasteiger partial charge in [-0.3, -0.25) is 4.68 Å². The topological polar surface area (TPSA) is 48.3 Å². The standard InChI is InChI=1S/C15H18BrN3O2/c1-20-7-5-19-10-12(9-17-19)18-14-4-6-21-15-3-2-11(16)8-13(14)15/h2-3,8-10,14,18H,4-7H2,1H3. The summed E-state index contributed by atoms with van der Waals surface area (Å²) in [6.07, 6.45) is 4.79. The van der Waals surface area contributed by atoms with Crippen LogP contribution in [0.1, 0.15) is 18.0 Å². The van der Waals surface area contributed by atoms with Crippen molar-refractivity contribution in [3.05, 3.63) is 40.6 Å². The summed E-state index contributed by atoms with van der Waals surface area (Å²) in [7, 11) is 1.69. The molecule has 6 heteroatoms. The predicted octanol–water partition coefficient (Wildman–Crippen LogP) is 3.23. The summed E-state index contributed by atoms with van der Waals surface area (Å²) in [5.74, 6) is 0.953. The molecule has 0 bridgehead atoms. The Morgan fingerprint density at radius 1 is 1.52 bits per heavy atom. The Balaban J connectivity index is 1.74. The van der Waals surface area contributed by atoms with Gasteiger partial charge in [0.1, 0.15) is 5.75 Å². The summed E-state index contributed by atoms with van der Waals surface area (Å²) in [5.41, 5.74) is 2.20. The highest BCUT2D eigenvalue weighted by atomic mass is 79.9. The third-order valence-corrected chi connectivity index (χ3v) is 4.00. The first-order chi connectivity index (χ1) is 10.3. The molecule has 112 valence electrons. The zero-order valence-corrected chi connectivity index (χ0v) is 13.5. The fourth-order valence-electron chi connectivity index (χ4n) is 2.46. The second-order valence-electron chi connectivity index (χ2n) is 5.00. The predicted molar refractivity (Wildman–Crippen MR) is 84.7 cm³/mol. The molecule has 0 spiro atoms. The molecule has 0 amide bonds. The molecule has 3 rings (SSSR count). The second-order valence-corrected chi connectivity index (χ2v) is 5.92. The molecule has 0 aliphatic carbocycles. The van der Waals surface area contributed by atoms with Gasteiger partial charge in [0.2, 0.25) is 0 Å². The maximum atomic E-state index is 5.71. The molecule has 2 heterocycles. The van der Waals surface area contributed by atoms with Crippen LogP contribution in [0.15, 0.2) is 35.1 Å². The summed E-state index contributed by atoms with van der Waals surface area (Å²) in [6.45, 7) is 2.15. The first kappa shape index (κ1) is 14.4. The Labute approximate surface area is 132 Å². The Morgan fingerprint density at radius 2 is 2.43 bits per heavy atom. The highest BCUT2D eigenvalue weighted by Crippen LogP contribution is 2.35. The Morgan fingerprint density at radius 3 is 3.29 bits per heavy atom. The van der Waals surface area contributed by atoms with E-state index in [1.54, 1.807) is 7.11 Å². The van der Waals surface area contributed by atoms with Crippen molar-refractivity contribution >= 4 is 21.6 Å². The van der Waals surface area contributed by atoms with Gasteiger partial charge in [-0.2, -0.15) is 5.10 Å². The van der Waals surface area contributed by atoms with Gasteiger partial charge in [-0.25, -0.2) is 0 Å². The SMILES string of the molecule is COCCn1cc(NC2CCOc3ccc(Br)cc32)cn1. The van der Waals surface area contributed by atoms with Gasteiger partial charge < -0.3 is 14.8 Å². The number of fused-ring (bicyclic) bond motifs is 1. The highest BCUT2D eigenvalue weighted by Gasteiger charge is 2.21.